The first-order valence-electron chi connectivity index (χ1n) is 10.2. The van der Waals surface area contributed by atoms with Crippen molar-refractivity contribution in [3.63, 3.8) is 0 Å². The molecule has 1 N–H and O–H groups in total. The monoisotopic (exact) mass is 430 g/mol. The maximum atomic E-state index is 13.0. The fourth-order valence-corrected chi connectivity index (χ4v) is 3.37. The minimum atomic E-state index is -0.849. The number of nitrogens with zero attached hydrogens (tertiary/aromatic N) is 3. The van der Waals surface area contributed by atoms with Gasteiger partial charge in [-0.25, -0.2) is 0 Å². The number of ether oxygens (including phenoxy) is 2. The minimum Gasteiger partial charge on any atom is -0.497 e. The summed E-state index contributed by atoms with van der Waals surface area (Å²) in [5.74, 6) is 1.13. The van der Waals surface area contributed by atoms with Gasteiger partial charge >= 0.3 is 0 Å². The van der Waals surface area contributed by atoms with Gasteiger partial charge in [-0.3, -0.25) is 9.59 Å². The summed E-state index contributed by atoms with van der Waals surface area (Å²) < 4.78 is 16.0. The molecule has 0 spiro atoms. The number of amides is 2. The van der Waals surface area contributed by atoms with Crippen LogP contribution in [0.4, 0.5) is 5.69 Å². The molecule has 0 aliphatic carbocycles. The lowest BCUT2D eigenvalue weighted by Gasteiger charge is -2.25. The van der Waals surface area contributed by atoms with Gasteiger partial charge < -0.3 is 24.2 Å². The molecule has 2 aromatic rings. The molecule has 31 heavy (non-hydrogen) atoms. The molecule has 2 amide bonds. The number of carbonyl (C=O) groups is 2. The van der Waals surface area contributed by atoms with E-state index in [-0.39, 0.29) is 30.2 Å². The molecular weight excluding hydrogens is 400 g/mol. The molecule has 0 radical (unpaired) electrons. The number of carbonyl (C=O) groups excluding carboxylic acids is 2. The van der Waals surface area contributed by atoms with Gasteiger partial charge in [-0.15, -0.1) is 0 Å². The van der Waals surface area contributed by atoms with Gasteiger partial charge in [0.2, 0.25) is 17.7 Å². The van der Waals surface area contributed by atoms with Crippen molar-refractivity contribution in [3.8, 4) is 11.5 Å². The van der Waals surface area contributed by atoms with Crippen LogP contribution in [0.5, 0.6) is 11.5 Å². The third-order valence-corrected chi connectivity index (χ3v) is 5.24. The van der Waals surface area contributed by atoms with Crippen LogP contribution in [-0.4, -0.2) is 42.7 Å². The molecule has 3 rings (SSSR count). The van der Waals surface area contributed by atoms with Crippen LogP contribution >= 0.6 is 0 Å². The molecule has 1 aliphatic heterocycles. The van der Waals surface area contributed by atoms with E-state index < -0.39 is 11.5 Å². The quantitative estimate of drug-likeness (QED) is 0.751. The summed E-state index contributed by atoms with van der Waals surface area (Å²) in [6.07, 6.45) is 0.108. The van der Waals surface area contributed by atoms with Crippen molar-refractivity contribution in [2.45, 2.75) is 52.0 Å². The van der Waals surface area contributed by atoms with Crippen LogP contribution in [0.3, 0.4) is 0 Å². The zero-order chi connectivity index (χ0) is 23.0. The van der Waals surface area contributed by atoms with Gasteiger partial charge in [0.05, 0.1) is 31.4 Å². The third kappa shape index (κ3) is 4.65. The topological polar surface area (TPSA) is 107 Å². The number of nitrogens with one attached hydrogen (secondary N) is 1. The van der Waals surface area contributed by atoms with E-state index in [9.17, 15) is 9.59 Å². The van der Waals surface area contributed by atoms with Crippen molar-refractivity contribution in [1.29, 1.82) is 0 Å². The Kier molecular flexibility index (Phi) is 5.98. The Hall–Kier alpha value is -3.10. The van der Waals surface area contributed by atoms with E-state index >= 15 is 0 Å². The zero-order valence-corrected chi connectivity index (χ0v) is 19.1. The smallest absolute Gasteiger partial charge is 0.232 e. The SMILES string of the molecule is COc1ccc(N2CC(C(=O)NC(C)(C)c3noc(C(C)(C)C)n3)CC2=O)c(OC)c1. The highest BCUT2D eigenvalue weighted by molar-refractivity contribution is 6.01. The highest BCUT2D eigenvalue weighted by atomic mass is 16.5. The predicted octanol–water partition coefficient (Wildman–Crippen LogP) is 2.79. The number of benzene rings is 1. The predicted molar refractivity (Wildman–Crippen MR) is 114 cm³/mol. The van der Waals surface area contributed by atoms with Crippen molar-refractivity contribution in [2.75, 3.05) is 25.7 Å². The second-order valence-corrected chi connectivity index (χ2v) is 9.23. The molecule has 1 atom stereocenters. The van der Waals surface area contributed by atoms with Crippen molar-refractivity contribution >= 4 is 17.5 Å². The Balaban J connectivity index is 1.74. The van der Waals surface area contributed by atoms with Gasteiger partial charge in [-0.2, -0.15) is 4.98 Å². The summed E-state index contributed by atoms with van der Waals surface area (Å²) in [5.41, 5.74) is -0.532. The van der Waals surface area contributed by atoms with Crippen LogP contribution in [0, 0.1) is 5.92 Å². The van der Waals surface area contributed by atoms with Crippen molar-refractivity contribution in [3.05, 3.63) is 29.9 Å². The highest BCUT2D eigenvalue weighted by Gasteiger charge is 2.39. The van der Waals surface area contributed by atoms with Gasteiger partial charge in [0.15, 0.2) is 5.82 Å². The molecule has 1 fully saturated rings. The van der Waals surface area contributed by atoms with Crippen LogP contribution in [0.25, 0.3) is 0 Å². The van der Waals surface area contributed by atoms with Crippen molar-refractivity contribution in [1.82, 2.24) is 15.5 Å². The number of rotatable bonds is 6. The number of hydrogen-bond donors (Lipinski definition) is 1. The van der Waals surface area contributed by atoms with Crippen LogP contribution in [0.1, 0.15) is 52.8 Å². The molecule has 1 unspecified atom stereocenters. The zero-order valence-electron chi connectivity index (χ0n) is 19.1. The molecule has 1 aromatic carbocycles. The number of anilines is 1. The van der Waals surface area contributed by atoms with E-state index in [0.29, 0.717) is 28.9 Å². The van der Waals surface area contributed by atoms with Crippen LogP contribution in [0.2, 0.25) is 0 Å². The van der Waals surface area contributed by atoms with Crippen molar-refractivity contribution < 1.29 is 23.6 Å². The Labute approximate surface area is 182 Å². The van der Waals surface area contributed by atoms with Gasteiger partial charge in [-0.05, 0) is 26.0 Å². The minimum absolute atomic E-state index is 0.108. The summed E-state index contributed by atoms with van der Waals surface area (Å²) >= 11 is 0. The fourth-order valence-electron chi connectivity index (χ4n) is 3.37. The lowest BCUT2D eigenvalue weighted by Crippen LogP contribution is -2.45. The first-order valence-corrected chi connectivity index (χ1v) is 10.2. The molecule has 168 valence electrons. The Morgan fingerprint density at radius 3 is 2.48 bits per heavy atom. The van der Waals surface area contributed by atoms with E-state index in [1.165, 1.54) is 7.11 Å². The maximum absolute atomic E-state index is 13.0. The standard InChI is InChI=1S/C22H30N4O5/c1-21(2,3)20-23-19(25-31-20)22(4,5)24-18(28)13-10-17(27)26(12-13)15-9-8-14(29-6)11-16(15)30-7/h8-9,11,13H,10,12H2,1-7H3,(H,24,28). The number of aromatic nitrogens is 2. The summed E-state index contributed by atoms with van der Waals surface area (Å²) in [6, 6.07) is 5.22. The third-order valence-electron chi connectivity index (χ3n) is 5.24. The number of methoxy groups -OCH3 is 2. The number of hydrogen-bond acceptors (Lipinski definition) is 7. The van der Waals surface area contributed by atoms with E-state index in [4.69, 9.17) is 14.0 Å². The van der Waals surface area contributed by atoms with Gasteiger partial charge in [0.1, 0.15) is 11.5 Å². The van der Waals surface area contributed by atoms with Gasteiger partial charge in [-0.1, -0.05) is 25.9 Å². The van der Waals surface area contributed by atoms with Crippen LogP contribution < -0.4 is 19.7 Å². The molecule has 2 heterocycles. The Morgan fingerprint density at radius 2 is 1.90 bits per heavy atom. The van der Waals surface area contributed by atoms with Crippen LogP contribution in [-0.2, 0) is 20.5 Å². The lowest BCUT2D eigenvalue weighted by atomic mass is 9.96. The molecule has 9 heteroatoms. The average Bonchev–Trinajstić information content (AvgIpc) is 3.34. The lowest BCUT2D eigenvalue weighted by molar-refractivity contribution is -0.127. The molecule has 1 aromatic heterocycles. The second-order valence-electron chi connectivity index (χ2n) is 9.23. The van der Waals surface area contributed by atoms with E-state index in [1.54, 1.807) is 30.2 Å². The average molecular weight is 431 g/mol. The van der Waals surface area contributed by atoms with Crippen LogP contribution in [0.15, 0.2) is 22.7 Å². The fraction of sp³-hybridized carbons (Fsp3) is 0.545. The largest absolute Gasteiger partial charge is 0.497 e. The van der Waals surface area contributed by atoms with E-state index in [1.807, 2.05) is 34.6 Å². The summed E-state index contributed by atoms with van der Waals surface area (Å²) in [7, 11) is 3.09. The van der Waals surface area contributed by atoms with Gasteiger partial charge in [0.25, 0.3) is 0 Å². The normalized spacial score (nSPS) is 17.1. The van der Waals surface area contributed by atoms with Crippen molar-refractivity contribution in [2.24, 2.45) is 5.92 Å². The van der Waals surface area contributed by atoms with E-state index in [0.717, 1.165) is 0 Å². The molecule has 0 saturated carbocycles. The molecule has 9 nitrogen and oxygen atoms in total. The molecule has 0 bridgehead atoms. The highest BCUT2D eigenvalue weighted by Crippen LogP contribution is 2.36. The first-order chi connectivity index (χ1) is 14.5. The summed E-state index contributed by atoms with van der Waals surface area (Å²) in [4.78, 5) is 31.7. The molecular formula is C22H30N4O5. The Morgan fingerprint density at radius 1 is 1.19 bits per heavy atom. The second kappa shape index (κ2) is 8.20. The summed E-state index contributed by atoms with van der Waals surface area (Å²) in [5, 5.41) is 7.01. The molecule has 1 saturated heterocycles. The summed E-state index contributed by atoms with van der Waals surface area (Å²) in [6.45, 7) is 9.79. The van der Waals surface area contributed by atoms with E-state index in [2.05, 4.69) is 15.5 Å². The maximum Gasteiger partial charge on any atom is 0.232 e. The Bertz CT molecular complexity index is 977. The molecule has 1 aliphatic rings. The van der Waals surface area contributed by atoms with Gasteiger partial charge in [0, 0.05) is 24.4 Å². The first kappa shape index (κ1) is 22.6.